The summed E-state index contributed by atoms with van der Waals surface area (Å²) >= 11 is 0. The summed E-state index contributed by atoms with van der Waals surface area (Å²) in [6, 6.07) is 0. The van der Waals surface area contributed by atoms with Gasteiger partial charge in [0.25, 0.3) is 11.8 Å². The summed E-state index contributed by atoms with van der Waals surface area (Å²) < 4.78 is 0. The minimum absolute atomic E-state index is 0.0732. The number of hydroxylamine groups is 2. The Morgan fingerprint density at radius 2 is 1.92 bits per heavy atom. The zero-order valence-corrected chi connectivity index (χ0v) is 6.50. The first-order chi connectivity index (χ1) is 5.65. The number of hydrogen-bond acceptors (Lipinski definition) is 4. The summed E-state index contributed by atoms with van der Waals surface area (Å²) in [5, 5.41) is 16.3. The second kappa shape index (κ2) is 5.28. The predicted octanol–water partition coefficient (Wildman–Crippen LogP) is -0.666. The molecule has 0 bridgehead atoms. The van der Waals surface area contributed by atoms with Gasteiger partial charge in [-0.2, -0.15) is 0 Å². The Hall–Kier alpha value is -1.40. The van der Waals surface area contributed by atoms with Crippen molar-refractivity contribution >= 4 is 11.8 Å². The summed E-state index contributed by atoms with van der Waals surface area (Å²) in [4.78, 5) is 21.2. The molecule has 0 rings (SSSR count). The minimum Gasteiger partial charge on any atom is -0.288 e. The largest absolute Gasteiger partial charge is 0.288 e. The fraction of sp³-hybridized carbons (Fsp3) is 0.333. The first kappa shape index (κ1) is 10.6. The normalized spacial score (nSPS) is 10.8. The third-order valence-corrected chi connectivity index (χ3v) is 1.19. The van der Waals surface area contributed by atoms with Crippen molar-refractivity contribution in [3.63, 3.8) is 0 Å². The molecule has 0 aromatic carbocycles. The maximum Gasteiger partial charge on any atom is 0.270 e. The molecule has 12 heavy (non-hydrogen) atoms. The number of rotatable bonds is 3. The van der Waals surface area contributed by atoms with Crippen LogP contribution in [0.2, 0.25) is 0 Å². The smallest absolute Gasteiger partial charge is 0.270 e. The van der Waals surface area contributed by atoms with Gasteiger partial charge in [-0.15, -0.1) is 0 Å². The van der Waals surface area contributed by atoms with E-state index in [0.29, 0.717) is 0 Å². The molecule has 0 unspecified atom stereocenters. The maximum absolute atomic E-state index is 10.7. The Bertz CT molecular complexity index is 212. The van der Waals surface area contributed by atoms with Gasteiger partial charge in [0.2, 0.25) is 0 Å². The quantitative estimate of drug-likeness (QED) is 0.259. The summed E-state index contributed by atoms with van der Waals surface area (Å²) in [5.74, 6) is -1.57. The van der Waals surface area contributed by atoms with Crippen LogP contribution in [0.3, 0.4) is 0 Å². The van der Waals surface area contributed by atoms with Crippen LogP contribution in [0.15, 0.2) is 11.6 Å². The first-order valence-corrected chi connectivity index (χ1v) is 3.24. The van der Waals surface area contributed by atoms with E-state index in [1.54, 1.807) is 6.92 Å². The zero-order chi connectivity index (χ0) is 9.56. The van der Waals surface area contributed by atoms with E-state index in [9.17, 15) is 9.59 Å². The van der Waals surface area contributed by atoms with Gasteiger partial charge in [-0.25, -0.2) is 11.0 Å². The highest BCUT2D eigenvalue weighted by atomic mass is 16.5. The van der Waals surface area contributed by atoms with Gasteiger partial charge in [0, 0.05) is 11.6 Å². The SMILES string of the molecule is CC/C(=C\C(=O)NO)C(=O)NO. The highest BCUT2D eigenvalue weighted by molar-refractivity contribution is 6.00. The van der Waals surface area contributed by atoms with Gasteiger partial charge in [0.1, 0.15) is 0 Å². The molecule has 6 heteroatoms. The monoisotopic (exact) mass is 174 g/mol. The van der Waals surface area contributed by atoms with Crippen LogP contribution in [0, 0.1) is 0 Å². The van der Waals surface area contributed by atoms with Gasteiger partial charge in [-0.05, 0) is 6.42 Å². The molecule has 0 aromatic rings. The topological polar surface area (TPSA) is 98.7 Å². The van der Waals surface area contributed by atoms with E-state index in [0.717, 1.165) is 6.08 Å². The molecule has 4 N–H and O–H groups in total. The van der Waals surface area contributed by atoms with E-state index in [1.807, 2.05) is 0 Å². The van der Waals surface area contributed by atoms with E-state index < -0.39 is 11.8 Å². The van der Waals surface area contributed by atoms with Gasteiger partial charge in [0.15, 0.2) is 0 Å². The van der Waals surface area contributed by atoms with Crippen LogP contribution in [0.5, 0.6) is 0 Å². The number of nitrogens with one attached hydrogen (secondary N) is 2. The van der Waals surface area contributed by atoms with Crippen molar-refractivity contribution in [2.45, 2.75) is 13.3 Å². The third kappa shape index (κ3) is 3.13. The lowest BCUT2D eigenvalue weighted by molar-refractivity contribution is -0.127. The summed E-state index contributed by atoms with van der Waals surface area (Å²) in [5.41, 5.74) is 2.78. The fourth-order valence-corrected chi connectivity index (χ4v) is 0.590. The molecule has 0 aliphatic carbocycles. The van der Waals surface area contributed by atoms with Crippen molar-refractivity contribution in [1.82, 2.24) is 11.0 Å². The number of hydrogen-bond donors (Lipinski definition) is 4. The van der Waals surface area contributed by atoms with Crippen molar-refractivity contribution in [2.75, 3.05) is 0 Å². The fourth-order valence-electron chi connectivity index (χ4n) is 0.590. The van der Waals surface area contributed by atoms with Gasteiger partial charge < -0.3 is 0 Å². The van der Waals surface area contributed by atoms with Crippen molar-refractivity contribution in [3.8, 4) is 0 Å². The molecule has 0 aliphatic rings. The van der Waals surface area contributed by atoms with Crippen LogP contribution in [0.1, 0.15) is 13.3 Å². The van der Waals surface area contributed by atoms with Crippen LogP contribution < -0.4 is 11.0 Å². The zero-order valence-electron chi connectivity index (χ0n) is 6.50. The highest BCUT2D eigenvalue weighted by Crippen LogP contribution is 1.99. The van der Waals surface area contributed by atoms with E-state index in [2.05, 4.69) is 0 Å². The molecule has 0 heterocycles. The maximum atomic E-state index is 10.7. The molecule has 0 spiro atoms. The van der Waals surface area contributed by atoms with Crippen LogP contribution in [0.4, 0.5) is 0 Å². The lowest BCUT2D eigenvalue weighted by Crippen LogP contribution is -2.23. The summed E-state index contributed by atoms with van der Waals surface area (Å²) in [6.45, 7) is 1.63. The molecule has 68 valence electrons. The van der Waals surface area contributed by atoms with Gasteiger partial charge in [0.05, 0.1) is 0 Å². The molecule has 0 aliphatic heterocycles. The standard InChI is InChI=1S/C6H10N2O4/c1-2-4(6(10)8-12)3-5(9)7-11/h3,11-12H,2H2,1H3,(H,7,9)(H,8,10)/b4-3+. The Morgan fingerprint density at radius 3 is 2.25 bits per heavy atom. The van der Waals surface area contributed by atoms with E-state index in [4.69, 9.17) is 10.4 Å². The molecule has 2 amide bonds. The second-order valence-corrected chi connectivity index (χ2v) is 1.94. The Balaban J connectivity index is 4.43. The van der Waals surface area contributed by atoms with Crippen molar-refractivity contribution in [1.29, 1.82) is 0 Å². The van der Waals surface area contributed by atoms with Gasteiger partial charge >= 0.3 is 0 Å². The van der Waals surface area contributed by atoms with Crippen molar-refractivity contribution in [3.05, 3.63) is 11.6 Å². The highest BCUT2D eigenvalue weighted by Gasteiger charge is 2.07. The average Bonchev–Trinajstić information content (AvgIpc) is 2.12. The van der Waals surface area contributed by atoms with Gasteiger partial charge in [-0.3, -0.25) is 20.0 Å². The molecular formula is C6H10N2O4. The van der Waals surface area contributed by atoms with Gasteiger partial charge in [-0.1, -0.05) is 6.92 Å². The van der Waals surface area contributed by atoms with Crippen LogP contribution in [0.25, 0.3) is 0 Å². The van der Waals surface area contributed by atoms with Crippen molar-refractivity contribution in [2.24, 2.45) is 0 Å². The average molecular weight is 174 g/mol. The van der Waals surface area contributed by atoms with E-state index >= 15 is 0 Å². The Kier molecular flexibility index (Phi) is 4.66. The van der Waals surface area contributed by atoms with E-state index in [-0.39, 0.29) is 12.0 Å². The second-order valence-electron chi connectivity index (χ2n) is 1.94. The van der Waals surface area contributed by atoms with Crippen LogP contribution in [-0.4, -0.2) is 22.2 Å². The lowest BCUT2D eigenvalue weighted by Gasteiger charge is -2.00. The minimum atomic E-state index is -0.810. The van der Waals surface area contributed by atoms with Crippen molar-refractivity contribution < 1.29 is 20.0 Å². The van der Waals surface area contributed by atoms with E-state index in [1.165, 1.54) is 11.0 Å². The predicted molar refractivity (Wildman–Crippen MR) is 38.2 cm³/mol. The molecule has 0 fully saturated rings. The molecule has 0 radical (unpaired) electrons. The number of amides is 2. The van der Waals surface area contributed by atoms with Crippen LogP contribution >= 0.6 is 0 Å². The lowest BCUT2D eigenvalue weighted by atomic mass is 10.2. The summed E-state index contributed by atoms with van der Waals surface area (Å²) in [6.07, 6.45) is 1.17. The Labute approximate surface area is 68.8 Å². The number of carbonyl (C=O) groups is 2. The molecule has 0 saturated carbocycles. The third-order valence-electron chi connectivity index (χ3n) is 1.19. The first-order valence-electron chi connectivity index (χ1n) is 3.24. The summed E-state index contributed by atoms with van der Waals surface area (Å²) in [7, 11) is 0. The molecule has 0 atom stereocenters. The number of carbonyl (C=O) groups excluding carboxylic acids is 2. The Morgan fingerprint density at radius 1 is 1.33 bits per heavy atom. The molecular weight excluding hydrogens is 164 g/mol. The molecule has 6 nitrogen and oxygen atoms in total. The molecule has 0 saturated heterocycles. The van der Waals surface area contributed by atoms with Crippen LogP contribution in [-0.2, 0) is 9.59 Å². The molecule has 0 aromatic heterocycles.